The first-order valence-electron chi connectivity index (χ1n) is 6.86. The number of hydrogen-bond donors (Lipinski definition) is 1. The van der Waals surface area contributed by atoms with Crippen molar-refractivity contribution < 1.29 is 4.74 Å². The number of aryl methyl sites for hydroxylation is 2. The van der Waals surface area contributed by atoms with Gasteiger partial charge in [0, 0.05) is 13.1 Å². The topological polar surface area (TPSA) is 38.5 Å². The van der Waals surface area contributed by atoms with E-state index in [-0.39, 0.29) is 0 Å². The quantitative estimate of drug-likeness (QED) is 0.868. The highest BCUT2D eigenvalue weighted by Gasteiger charge is 2.12. The molecule has 0 unspecified atom stereocenters. The molecule has 2 rings (SSSR count). The highest BCUT2D eigenvalue weighted by atomic mass is 16.5. The molecule has 2 N–H and O–H groups in total. The smallest absolute Gasteiger partial charge is 0.125 e. The zero-order valence-electron chi connectivity index (χ0n) is 11.5. The first kappa shape index (κ1) is 13.4. The first-order chi connectivity index (χ1) is 8.70. The molecule has 100 valence electrons. The van der Waals surface area contributed by atoms with Crippen LogP contribution in [0.4, 0.5) is 0 Å². The number of ether oxygens (including phenoxy) is 1. The van der Waals surface area contributed by atoms with Crippen LogP contribution in [0.2, 0.25) is 0 Å². The number of hydrogen-bond acceptors (Lipinski definition) is 3. The normalized spacial score (nSPS) is 16.2. The van der Waals surface area contributed by atoms with Crippen LogP contribution in [0.15, 0.2) is 12.1 Å². The van der Waals surface area contributed by atoms with Crippen LogP contribution in [-0.2, 0) is 6.54 Å². The molecule has 3 heteroatoms. The lowest BCUT2D eigenvalue weighted by Crippen LogP contribution is -2.25. The molecule has 1 saturated heterocycles. The molecule has 0 atom stereocenters. The third kappa shape index (κ3) is 3.24. The lowest BCUT2D eigenvalue weighted by Gasteiger charge is -2.17. The Balaban J connectivity index is 1.92. The monoisotopic (exact) mass is 248 g/mol. The van der Waals surface area contributed by atoms with E-state index >= 15 is 0 Å². The molecule has 1 aromatic rings. The average Bonchev–Trinajstić information content (AvgIpc) is 2.85. The van der Waals surface area contributed by atoms with Crippen molar-refractivity contribution in [1.82, 2.24) is 4.90 Å². The third-order valence-electron chi connectivity index (χ3n) is 3.61. The Hall–Kier alpha value is -1.06. The van der Waals surface area contributed by atoms with E-state index in [2.05, 4.69) is 30.9 Å². The van der Waals surface area contributed by atoms with Gasteiger partial charge in [0.2, 0.25) is 0 Å². The van der Waals surface area contributed by atoms with Crippen molar-refractivity contribution in [3.05, 3.63) is 28.8 Å². The van der Waals surface area contributed by atoms with Crippen molar-refractivity contribution in [1.29, 1.82) is 0 Å². The average molecular weight is 248 g/mol. The van der Waals surface area contributed by atoms with Crippen LogP contribution in [0.1, 0.15) is 29.5 Å². The van der Waals surface area contributed by atoms with E-state index in [1.807, 2.05) is 0 Å². The zero-order valence-corrected chi connectivity index (χ0v) is 11.5. The molecule has 1 fully saturated rings. The molecule has 1 aromatic carbocycles. The number of rotatable bonds is 5. The molecule has 18 heavy (non-hydrogen) atoms. The predicted molar refractivity (Wildman–Crippen MR) is 75.0 cm³/mol. The lowest BCUT2D eigenvalue weighted by molar-refractivity contribution is 0.236. The summed E-state index contributed by atoms with van der Waals surface area (Å²) in [5, 5.41) is 0. The van der Waals surface area contributed by atoms with Gasteiger partial charge < -0.3 is 10.5 Å². The van der Waals surface area contributed by atoms with Gasteiger partial charge in [-0.25, -0.2) is 0 Å². The second-order valence-electron chi connectivity index (χ2n) is 5.16. The second-order valence-corrected chi connectivity index (χ2v) is 5.16. The summed E-state index contributed by atoms with van der Waals surface area (Å²) in [7, 11) is 0. The number of benzene rings is 1. The fourth-order valence-corrected chi connectivity index (χ4v) is 2.67. The van der Waals surface area contributed by atoms with Gasteiger partial charge in [-0.2, -0.15) is 0 Å². The Morgan fingerprint density at radius 3 is 2.33 bits per heavy atom. The van der Waals surface area contributed by atoms with Crippen molar-refractivity contribution >= 4 is 0 Å². The van der Waals surface area contributed by atoms with Crippen molar-refractivity contribution in [3.63, 3.8) is 0 Å². The van der Waals surface area contributed by atoms with Crippen LogP contribution in [0, 0.1) is 13.8 Å². The Morgan fingerprint density at radius 1 is 1.17 bits per heavy atom. The molecule has 0 amide bonds. The third-order valence-corrected chi connectivity index (χ3v) is 3.61. The van der Waals surface area contributed by atoms with Gasteiger partial charge >= 0.3 is 0 Å². The van der Waals surface area contributed by atoms with Crippen LogP contribution >= 0.6 is 0 Å². The lowest BCUT2D eigenvalue weighted by atomic mass is 10.1. The van der Waals surface area contributed by atoms with Gasteiger partial charge in [0.15, 0.2) is 0 Å². The number of nitrogens with two attached hydrogens (primary N) is 1. The first-order valence-corrected chi connectivity index (χ1v) is 6.86. The summed E-state index contributed by atoms with van der Waals surface area (Å²) in [6.07, 6.45) is 2.67. The summed E-state index contributed by atoms with van der Waals surface area (Å²) in [5.74, 6) is 1.03. The summed E-state index contributed by atoms with van der Waals surface area (Å²) in [4.78, 5) is 2.47. The van der Waals surface area contributed by atoms with Crippen molar-refractivity contribution in [2.24, 2.45) is 5.73 Å². The van der Waals surface area contributed by atoms with Crippen molar-refractivity contribution in [3.8, 4) is 5.75 Å². The SMILES string of the molecule is Cc1cc(CN)cc(C)c1OCCN1CCCC1. The fourth-order valence-electron chi connectivity index (χ4n) is 2.67. The minimum atomic E-state index is 0.593. The minimum Gasteiger partial charge on any atom is -0.492 e. The van der Waals surface area contributed by atoms with Gasteiger partial charge in [-0.1, -0.05) is 12.1 Å². The number of likely N-dealkylation sites (tertiary alicyclic amines) is 1. The molecule has 0 radical (unpaired) electrons. The zero-order chi connectivity index (χ0) is 13.0. The molecule has 1 aliphatic rings. The van der Waals surface area contributed by atoms with E-state index < -0.39 is 0 Å². The Bertz CT molecular complexity index is 374. The Kier molecular flexibility index (Phi) is 4.61. The van der Waals surface area contributed by atoms with E-state index in [1.165, 1.54) is 42.6 Å². The molecule has 0 spiro atoms. The van der Waals surface area contributed by atoms with E-state index in [1.54, 1.807) is 0 Å². The van der Waals surface area contributed by atoms with E-state index in [0.29, 0.717) is 6.54 Å². The molecular formula is C15H24N2O. The van der Waals surface area contributed by atoms with Crippen LogP contribution in [0.5, 0.6) is 5.75 Å². The largest absolute Gasteiger partial charge is 0.492 e. The molecule has 0 aromatic heterocycles. The van der Waals surface area contributed by atoms with Crippen molar-refractivity contribution in [2.45, 2.75) is 33.2 Å². The Morgan fingerprint density at radius 2 is 1.78 bits per heavy atom. The molecule has 0 saturated carbocycles. The molecule has 3 nitrogen and oxygen atoms in total. The van der Waals surface area contributed by atoms with Crippen LogP contribution < -0.4 is 10.5 Å². The summed E-state index contributed by atoms with van der Waals surface area (Å²) in [6.45, 7) is 9.06. The van der Waals surface area contributed by atoms with E-state index in [0.717, 1.165) is 18.9 Å². The van der Waals surface area contributed by atoms with Gasteiger partial charge in [0.25, 0.3) is 0 Å². The van der Waals surface area contributed by atoms with Gasteiger partial charge in [0.05, 0.1) is 0 Å². The van der Waals surface area contributed by atoms with Crippen LogP contribution in [0.3, 0.4) is 0 Å². The highest BCUT2D eigenvalue weighted by molar-refractivity contribution is 5.43. The van der Waals surface area contributed by atoms with Gasteiger partial charge in [-0.3, -0.25) is 4.90 Å². The van der Waals surface area contributed by atoms with Gasteiger partial charge in [-0.15, -0.1) is 0 Å². The summed E-state index contributed by atoms with van der Waals surface area (Å²) in [6, 6.07) is 4.25. The molecule has 1 aliphatic heterocycles. The fraction of sp³-hybridized carbons (Fsp3) is 0.600. The van der Waals surface area contributed by atoms with Gasteiger partial charge in [0.1, 0.15) is 12.4 Å². The Labute approximate surface area is 110 Å². The van der Waals surface area contributed by atoms with Crippen LogP contribution in [0.25, 0.3) is 0 Å². The van der Waals surface area contributed by atoms with Crippen LogP contribution in [-0.4, -0.2) is 31.1 Å². The standard InChI is InChI=1S/C15H24N2O/c1-12-9-14(11-16)10-13(2)15(12)18-8-7-17-5-3-4-6-17/h9-10H,3-8,11,16H2,1-2H3. The van der Waals surface area contributed by atoms with Gasteiger partial charge in [-0.05, 0) is 56.5 Å². The minimum absolute atomic E-state index is 0.593. The predicted octanol–water partition coefficient (Wildman–Crippen LogP) is 2.24. The number of nitrogens with zero attached hydrogens (tertiary/aromatic N) is 1. The second kappa shape index (κ2) is 6.21. The maximum Gasteiger partial charge on any atom is 0.125 e. The van der Waals surface area contributed by atoms with Crippen molar-refractivity contribution in [2.75, 3.05) is 26.2 Å². The summed E-state index contributed by atoms with van der Waals surface area (Å²) >= 11 is 0. The molecule has 1 heterocycles. The maximum absolute atomic E-state index is 5.95. The maximum atomic E-state index is 5.95. The molecular weight excluding hydrogens is 224 g/mol. The van der Waals surface area contributed by atoms with E-state index in [4.69, 9.17) is 10.5 Å². The molecule has 0 bridgehead atoms. The highest BCUT2D eigenvalue weighted by Crippen LogP contribution is 2.24. The van der Waals surface area contributed by atoms with E-state index in [9.17, 15) is 0 Å². The molecule has 0 aliphatic carbocycles. The summed E-state index contributed by atoms with van der Waals surface area (Å²) in [5.41, 5.74) is 9.23. The summed E-state index contributed by atoms with van der Waals surface area (Å²) < 4.78 is 5.95.